The van der Waals surface area contributed by atoms with Crippen LogP contribution in [-0.2, 0) is 0 Å². The Morgan fingerprint density at radius 3 is 2.95 bits per heavy atom. The summed E-state index contributed by atoms with van der Waals surface area (Å²) in [6.07, 6.45) is 8.22. The highest BCUT2D eigenvalue weighted by molar-refractivity contribution is 7.99. The Labute approximate surface area is 121 Å². The number of thioether (sulfide) groups is 1. The Hall–Kier alpha value is -0.770. The lowest BCUT2D eigenvalue weighted by molar-refractivity contribution is 0.394. The van der Waals surface area contributed by atoms with Crippen LogP contribution in [0.1, 0.15) is 51.5 Å². The van der Waals surface area contributed by atoms with Crippen molar-refractivity contribution in [1.29, 1.82) is 0 Å². The second-order valence-electron chi connectivity index (χ2n) is 5.59. The van der Waals surface area contributed by atoms with Crippen molar-refractivity contribution >= 4 is 17.6 Å². The topological polar surface area (TPSA) is 37.8 Å². The quantitative estimate of drug-likeness (QED) is 0.816. The molecule has 1 aromatic heterocycles. The lowest BCUT2D eigenvalue weighted by atomic mass is 9.91. The summed E-state index contributed by atoms with van der Waals surface area (Å²) < 4.78 is 0. The zero-order chi connectivity index (χ0) is 13.7. The molecule has 0 spiro atoms. The number of anilines is 1. The van der Waals surface area contributed by atoms with Crippen LogP contribution in [-0.4, -0.2) is 21.8 Å². The summed E-state index contributed by atoms with van der Waals surface area (Å²) in [5, 5.41) is 5.28. The van der Waals surface area contributed by atoms with Gasteiger partial charge in [-0.05, 0) is 32.1 Å². The van der Waals surface area contributed by atoms with Crippen molar-refractivity contribution in [2.24, 2.45) is 5.92 Å². The van der Waals surface area contributed by atoms with Crippen LogP contribution in [0.3, 0.4) is 0 Å². The molecule has 1 aliphatic carbocycles. The molecule has 1 heterocycles. The molecule has 1 aliphatic rings. The van der Waals surface area contributed by atoms with E-state index in [1.165, 1.54) is 31.2 Å². The van der Waals surface area contributed by atoms with Gasteiger partial charge in [-0.1, -0.05) is 26.7 Å². The predicted molar refractivity (Wildman–Crippen MR) is 82.8 cm³/mol. The lowest BCUT2D eigenvalue weighted by Gasteiger charge is -2.26. The fraction of sp³-hybridized carbons (Fsp3) is 0.733. The minimum absolute atomic E-state index is 0.733. The molecule has 1 saturated carbocycles. The van der Waals surface area contributed by atoms with Crippen molar-refractivity contribution < 1.29 is 0 Å². The fourth-order valence-electron chi connectivity index (χ4n) is 2.62. The molecule has 0 aliphatic heterocycles. The zero-order valence-electron chi connectivity index (χ0n) is 12.3. The number of nitrogens with one attached hydrogen (secondary N) is 1. The van der Waals surface area contributed by atoms with Crippen molar-refractivity contribution in [3.8, 4) is 0 Å². The van der Waals surface area contributed by atoms with Crippen molar-refractivity contribution in [1.82, 2.24) is 9.97 Å². The molecule has 0 bridgehead atoms. The maximum Gasteiger partial charge on any atom is 0.133 e. The van der Waals surface area contributed by atoms with Gasteiger partial charge in [0, 0.05) is 17.4 Å². The monoisotopic (exact) mass is 279 g/mol. The number of hydrogen-bond donors (Lipinski definition) is 1. The Morgan fingerprint density at radius 2 is 2.21 bits per heavy atom. The molecule has 2 atom stereocenters. The maximum absolute atomic E-state index is 4.48. The SMILES string of the molecule is CCCNc1ncnc(SC2CCCC(C)C2)c1C. The second kappa shape index (κ2) is 7.13. The molecule has 0 amide bonds. The van der Waals surface area contributed by atoms with Gasteiger partial charge in [0.2, 0.25) is 0 Å². The number of aromatic nitrogens is 2. The van der Waals surface area contributed by atoms with E-state index >= 15 is 0 Å². The van der Waals surface area contributed by atoms with Crippen LogP contribution in [0.15, 0.2) is 11.4 Å². The molecule has 3 nitrogen and oxygen atoms in total. The van der Waals surface area contributed by atoms with E-state index in [2.05, 4.69) is 36.1 Å². The van der Waals surface area contributed by atoms with Crippen LogP contribution < -0.4 is 5.32 Å². The van der Waals surface area contributed by atoms with Gasteiger partial charge in [0.1, 0.15) is 17.2 Å². The van der Waals surface area contributed by atoms with Crippen molar-refractivity contribution in [3.63, 3.8) is 0 Å². The van der Waals surface area contributed by atoms with Gasteiger partial charge < -0.3 is 5.32 Å². The first kappa shape index (κ1) is 14.6. The van der Waals surface area contributed by atoms with E-state index in [4.69, 9.17) is 0 Å². The average molecular weight is 279 g/mol. The summed E-state index contributed by atoms with van der Waals surface area (Å²) >= 11 is 1.95. The van der Waals surface area contributed by atoms with Gasteiger partial charge in [0.15, 0.2) is 0 Å². The number of hydrogen-bond acceptors (Lipinski definition) is 4. The van der Waals surface area contributed by atoms with Gasteiger partial charge in [0.05, 0.1) is 0 Å². The summed E-state index contributed by atoms with van der Waals surface area (Å²) in [5.41, 5.74) is 1.21. The van der Waals surface area contributed by atoms with Crippen LogP contribution in [0.25, 0.3) is 0 Å². The van der Waals surface area contributed by atoms with Gasteiger partial charge in [0.25, 0.3) is 0 Å². The van der Waals surface area contributed by atoms with Gasteiger partial charge in [-0.3, -0.25) is 0 Å². The molecule has 19 heavy (non-hydrogen) atoms. The molecule has 0 radical (unpaired) electrons. The largest absolute Gasteiger partial charge is 0.370 e. The molecule has 2 rings (SSSR count). The van der Waals surface area contributed by atoms with Gasteiger partial charge in [-0.25, -0.2) is 9.97 Å². The Bertz CT molecular complexity index is 408. The van der Waals surface area contributed by atoms with Crippen LogP contribution >= 0.6 is 11.8 Å². The highest BCUT2D eigenvalue weighted by Gasteiger charge is 2.21. The lowest BCUT2D eigenvalue weighted by Crippen LogP contribution is -2.15. The fourth-order valence-corrected chi connectivity index (χ4v) is 4.02. The van der Waals surface area contributed by atoms with Gasteiger partial charge in [-0.15, -0.1) is 11.8 Å². The molecule has 0 aromatic carbocycles. The van der Waals surface area contributed by atoms with Crippen molar-refractivity contribution in [2.75, 3.05) is 11.9 Å². The standard InChI is InChI=1S/C15H25N3S/c1-4-8-16-14-12(3)15(18-10-17-14)19-13-7-5-6-11(2)9-13/h10-11,13H,4-9H2,1-3H3,(H,16,17,18). The number of nitrogens with zero attached hydrogens (tertiary/aromatic N) is 2. The molecule has 106 valence electrons. The van der Waals surface area contributed by atoms with E-state index in [-0.39, 0.29) is 0 Å². The van der Waals surface area contributed by atoms with E-state index in [0.717, 1.165) is 35.0 Å². The third kappa shape index (κ3) is 4.10. The van der Waals surface area contributed by atoms with Crippen molar-refractivity contribution in [2.45, 2.75) is 63.2 Å². The molecule has 0 saturated heterocycles. The summed E-state index contributed by atoms with van der Waals surface area (Å²) in [7, 11) is 0. The third-order valence-corrected chi connectivity index (χ3v) is 5.14. The highest BCUT2D eigenvalue weighted by atomic mass is 32.2. The van der Waals surface area contributed by atoms with E-state index in [0.29, 0.717) is 0 Å². The average Bonchev–Trinajstić information content (AvgIpc) is 2.40. The molecule has 1 fully saturated rings. The minimum Gasteiger partial charge on any atom is -0.370 e. The first-order valence-corrected chi connectivity index (χ1v) is 8.30. The van der Waals surface area contributed by atoms with Crippen LogP contribution in [0, 0.1) is 12.8 Å². The maximum atomic E-state index is 4.48. The second-order valence-corrected chi connectivity index (χ2v) is 6.88. The Morgan fingerprint density at radius 1 is 1.37 bits per heavy atom. The Balaban J connectivity index is 2.03. The summed E-state index contributed by atoms with van der Waals surface area (Å²) in [5.74, 6) is 1.87. The first-order valence-electron chi connectivity index (χ1n) is 7.42. The van der Waals surface area contributed by atoms with Crippen molar-refractivity contribution in [3.05, 3.63) is 11.9 Å². The molecule has 4 heteroatoms. The molecule has 2 unspecified atom stereocenters. The molecule has 1 N–H and O–H groups in total. The van der Waals surface area contributed by atoms with Crippen LogP contribution in [0.5, 0.6) is 0 Å². The molecular formula is C15H25N3S. The molecule has 1 aromatic rings. The third-order valence-electron chi connectivity index (χ3n) is 3.75. The molecular weight excluding hydrogens is 254 g/mol. The van der Waals surface area contributed by atoms with E-state index in [9.17, 15) is 0 Å². The zero-order valence-corrected chi connectivity index (χ0v) is 13.1. The summed E-state index contributed by atoms with van der Waals surface area (Å²) in [4.78, 5) is 8.83. The Kier molecular flexibility index (Phi) is 5.49. The van der Waals surface area contributed by atoms with Crippen LogP contribution in [0.2, 0.25) is 0 Å². The minimum atomic E-state index is 0.733. The van der Waals surface area contributed by atoms with E-state index in [1.807, 2.05) is 11.8 Å². The predicted octanol–water partition coefficient (Wildman–Crippen LogP) is 4.28. The summed E-state index contributed by atoms with van der Waals surface area (Å²) in [6.45, 7) is 7.64. The first-order chi connectivity index (χ1) is 9.20. The number of rotatable bonds is 5. The summed E-state index contributed by atoms with van der Waals surface area (Å²) in [6, 6.07) is 0. The normalized spacial score (nSPS) is 23.3. The smallest absolute Gasteiger partial charge is 0.133 e. The van der Waals surface area contributed by atoms with Gasteiger partial charge >= 0.3 is 0 Å². The van der Waals surface area contributed by atoms with Crippen LogP contribution in [0.4, 0.5) is 5.82 Å². The van der Waals surface area contributed by atoms with E-state index < -0.39 is 0 Å². The highest BCUT2D eigenvalue weighted by Crippen LogP contribution is 2.37. The van der Waals surface area contributed by atoms with Gasteiger partial charge in [-0.2, -0.15) is 0 Å². The van der Waals surface area contributed by atoms with E-state index in [1.54, 1.807) is 6.33 Å².